The summed E-state index contributed by atoms with van der Waals surface area (Å²) < 4.78 is 11.1. The molecule has 0 fully saturated rings. The van der Waals surface area contributed by atoms with Gasteiger partial charge in [-0.25, -0.2) is 4.98 Å². The number of ether oxygens (including phenoxy) is 2. The molecule has 0 bridgehead atoms. The van der Waals surface area contributed by atoms with Crippen molar-refractivity contribution >= 4 is 22.6 Å². The van der Waals surface area contributed by atoms with Crippen LogP contribution in [-0.2, 0) is 4.79 Å². The number of benzene rings is 1. The number of hydrogen-bond donors (Lipinski definition) is 2. The maximum atomic E-state index is 10.6. The van der Waals surface area contributed by atoms with E-state index in [2.05, 4.69) is 10.3 Å². The fraction of sp³-hybridized carbons (Fsp3) is 0.333. The summed E-state index contributed by atoms with van der Waals surface area (Å²) in [6.07, 6.45) is 1.68. The summed E-state index contributed by atoms with van der Waals surface area (Å²) in [4.78, 5) is 14.8. The lowest BCUT2D eigenvalue weighted by molar-refractivity contribution is -0.134. The first kappa shape index (κ1) is 14.9. The molecule has 2 N–H and O–H groups in total. The topological polar surface area (TPSA) is 80.7 Å². The fourth-order valence-corrected chi connectivity index (χ4v) is 1.95. The van der Waals surface area contributed by atoms with Gasteiger partial charge in [-0.15, -0.1) is 0 Å². The van der Waals surface area contributed by atoms with Gasteiger partial charge in [0.15, 0.2) is 11.5 Å². The van der Waals surface area contributed by atoms with E-state index in [-0.39, 0.29) is 6.54 Å². The third-order valence-electron chi connectivity index (χ3n) is 2.80. The van der Waals surface area contributed by atoms with Crippen LogP contribution in [0.3, 0.4) is 0 Å². The molecule has 2 aromatic rings. The van der Waals surface area contributed by atoms with E-state index >= 15 is 0 Å². The minimum atomic E-state index is -0.932. The zero-order valence-corrected chi connectivity index (χ0v) is 12.0. The van der Waals surface area contributed by atoms with E-state index in [4.69, 9.17) is 14.6 Å². The van der Waals surface area contributed by atoms with Crippen molar-refractivity contribution in [3.8, 4) is 11.5 Å². The Morgan fingerprint density at radius 1 is 1.14 bits per heavy atom. The maximum Gasteiger partial charge on any atom is 0.322 e. The van der Waals surface area contributed by atoms with Crippen molar-refractivity contribution in [3.63, 3.8) is 0 Å². The predicted octanol–water partition coefficient (Wildman–Crippen LogP) is 2.53. The van der Waals surface area contributed by atoms with Crippen LogP contribution in [0.1, 0.15) is 13.8 Å². The predicted molar refractivity (Wildman–Crippen MR) is 80.2 cm³/mol. The number of carbonyl (C=O) groups is 1. The number of carboxylic acids is 1. The molecule has 0 aliphatic rings. The summed E-state index contributed by atoms with van der Waals surface area (Å²) in [5.41, 5.74) is 0. The van der Waals surface area contributed by atoms with Crippen LogP contribution in [0.2, 0.25) is 0 Å². The third-order valence-corrected chi connectivity index (χ3v) is 2.80. The molecular formula is C15H18N2O4. The highest BCUT2D eigenvalue weighted by molar-refractivity contribution is 5.87. The molecule has 1 aromatic carbocycles. The van der Waals surface area contributed by atoms with Crippen molar-refractivity contribution in [1.82, 2.24) is 4.98 Å². The molecule has 0 saturated heterocycles. The highest BCUT2D eigenvalue weighted by Crippen LogP contribution is 2.33. The SMILES string of the molecule is CCOc1cc2cnc(NCC(=O)O)cc2cc1OCC. The zero-order valence-electron chi connectivity index (χ0n) is 12.0. The molecule has 0 atom stereocenters. The quantitative estimate of drug-likeness (QED) is 0.815. The summed E-state index contributed by atoms with van der Waals surface area (Å²) in [6.45, 7) is 4.75. The van der Waals surface area contributed by atoms with Crippen molar-refractivity contribution in [2.75, 3.05) is 25.1 Å². The fourth-order valence-electron chi connectivity index (χ4n) is 1.95. The molecule has 0 spiro atoms. The lowest BCUT2D eigenvalue weighted by Gasteiger charge is -2.12. The molecule has 6 nitrogen and oxygen atoms in total. The van der Waals surface area contributed by atoms with Crippen LogP contribution in [0.4, 0.5) is 5.82 Å². The van der Waals surface area contributed by atoms with Gasteiger partial charge in [0.2, 0.25) is 0 Å². The Hall–Kier alpha value is -2.50. The second-order valence-electron chi connectivity index (χ2n) is 4.33. The zero-order chi connectivity index (χ0) is 15.2. The van der Waals surface area contributed by atoms with Crippen LogP contribution in [0.5, 0.6) is 11.5 Å². The van der Waals surface area contributed by atoms with Crippen LogP contribution in [0.25, 0.3) is 10.8 Å². The van der Waals surface area contributed by atoms with Crippen molar-refractivity contribution in [1.29, 1.82) is 0 Å². The molecule has 0 aliphatic heterocycles. The number of hydrogen-bond acceptors (Lipinski definition) is 5. The monoisotopic (exact) mass is 290 g/mol. The Balaban J connectivity index is 2.36. The van der Waals surface area contributed by atoms with Gasteiger partial charge in [0.05, 0.1) is 13.2 Å². The third kappa shape index (κ3) is 3.75. The largest absolute Gasteiger partial charge is 0.490 e. The van der Waals surface area contributed by atoms with Gasteiger partial charge in [-0.3, -0.25) is 4.79 Å². The van der Waals surface area contributed by atoms with Crippen LogP contribution in [0, 0.1) is 0 Å². The number of aliphatic carboxylic acids is 1. The maximum absolute atomic E-state index is 10.6. The van der Waals surface area contributed by atoms with E-state index in [1.54, 1.807) is 12.3 Å². The van der Waals surface area contributed by atoms with Gasteiger partial charge in [0.1, 0.15) is 12.4 Å². The molecule has 21 heavy (non-hydrogen) atoms. The second-order valence-corrected chi connectivity index (χ2v) is 4.33. The number of pyridine rings is 1. The number of nitrogens with one attached hydrogen (secondary N) is 1. The smallest absolute Gasteiger partial charge is 0.322 e. The first-order valence-corrected chi connectivity index (χ1v) is 6.79. The van der Waals surface area contributed by atoms with Crippen molar-refractivity contribution in [3.05, 3.63) is 24.4 Å². The van der Waals surface area contributed by atoms with Crippen LogP contribution in [-0.4, -0.2) is 35.8 Å². The first-order chi connectivity index (χ1) is 10.1. The van der Waals surface area contributed by atoms with Gasteiger partial charge >= 0.3 is 5.97 Å². The molecule has 0 saturated carbocycles. The van der Waals surface area contributed by atoms with E-state index < -0.39 is 5.97 Å². The Labute approximate surface area is 122 Å². The molecule has 1 aromatic heterocycles. The van der Waals surface area contributed by atoms with Gasteiger partial charge in [-0.1, -0.05) is 0 Å². The minimum absolute atomic E-state index is 0.173. The van der Waals surface area contributed by atoms with Gasteiger partial charge in [-0.05, 0) is 37.4 Å². The number of nitrogens with zero attached hydrogens (tertiary/aromatic N) is 1. The number of carboxylic acid groups (broad SMARTS) is 1. The van der Waals surface area contributed by atoms with Crippen LogP contribution < -0.4 is 14.8 Å². The number of fused-ring (bicyclic) bond motifs is 1. The Kier molecular flexibility index (Phi) is 4.81. The minimum Gasteiger partial charge on any atom is -0.490 e. The molecule has 112 valence electrons. The van der Waals surface area contributed by atoms with Gasteiger partial charge in [0.25, 0.3) is 0 Å². The van der Waals surface area contributed by atoms with E-state index in [0.717, 1.165) is 10.8 Å². The standard InChI is InChI=1S/C15H18N2O4/c1-3-20-12-5-10-7-14(17-9-15(18)19)16-8-11(10)6-13(12)21-4-2/h5-8H,3-4,9H2,1-2H3,(H,16,17)(H,18,19). The molecule has 2 rings (SSSR count). The van der Waals surface area contributed by atoms with Crippen molar-refractivity contribution in [2.24, 2.45) is 0 Å². The van der Waals surface area contributed by atoms with E-state index in [9.17, 15) is 4.79 Å². The summed E-state index contributed by atoms with van der Waals surface area (Å²) in [5.74, 6) is 0.928. The lowest BCUT2D eigenvalue weighted by atomic mass is 10.1. The molecule has 0 amide bonds. The molecular weight excluding hydrogens is 272 g/mol. The van der Waals surface area contributed by atoms with E-state index in [0.29, 0.717) is 30.5 Å². The van der Waals surface area contributed by atoms with Crippen molar-refractivity contribution < 1.29 is 19.4 Å². The highest BCUT2D eigenvalue weighted by atomic mass is 16.5. The molecule has 6 heteroatoms. The first-order valence-electron chi connectivity index (χ1n) is 6.79. The molecule has 0 radical (unpaired) electrons. The summed E-state index contributed by atoms with van der Waals surface area (Å²) in [6, 6.07) is 5.53. The normalized spacial score (nSPS) is 10.4. The van der Waals surface area contributed by atoms with E-state index in [1.807, 2.05) is 26.0 Å². The van der Waals surface area contributed by atoms with Gasteiger partial charge in [-0.2, -0.15) is 0 Å². The highest BCUT2D eigenvalue weighted by Gasteiger charge is 2.08. The summed E-state index contributed by atoms with van der Waals surface area (Å²) in [5, 5.41) is 13.2. The van der Waals surface area contributed by atoms with Crippen LogP contribution >= 0.6 is 0 Å². The van der Waals surface area contributed by atoms with Crippen molar-refractivity contribution in [2.45, 2.75) is 13.8 Å². The number of aromatic nitrogens is 1. The molecule has 0 aliphatic carbocycles. The van der Waals surface area contributed by atoms with Crippen LogP contribution in [0.15, 0.2) is 24.4 Å². The Morgan fingerprint density at radius 2 is 1.76 bits per heavy atom. The molecule has 1 heterocycles. The number of rotatable bonds is 7. The Bertz CT molecular complexity index is 643. The average Bonchev–Trinajstić information content (AvgIpc) is 2.46. The summed E-state index contributed by atoms with van der Waals surface area (Å²) in [7, 11) is 0. The summed E-state index contributed by atoms with van der Waals surface area (Å²) >= 11 is 0. The lowest BCUT2D eigenvalue weighted by Crippen LogP contribution is -2.13. The van der Waals surface area contributed by atoms with Gasteiger partial charge < -0.3 is 19.9 Å². The average molecular weight is 290 g/mol. The van der Waals surface area contributed by atoms with E-state index in [1.165, 1.54) is 0 Å². The van der Waals surface area contributed by atoms with Gasteiger partial charge in [0, 0.05) is 11.6 Å². The second kappa shape index (κ2) is 6.78. The molecule has 0 unspecified atom stereocenters. The number of anilines is 1. The Morgan fingerprint density at radius 3 is 2.33 bits per heavy atom.